The maximum Gasteiger partial charge on any atom is 0.316 e. The molecule has 0 unspecified atom stereocenters. The Kier molecular flexibility index (Phi) is 5.15. The van der Waals surface area contributed by atoms with E-state index in [1.54, 1.807) is 17.3 Å². The summed E-state index contributed by atoms with van der Waals surface area (Å²) in [7, 11) is 0. The molecule has 3 heterocycles. The number of likely N-dealkylation sites (tertiary alicyclic amines) is 1. The third-order valence-corrected chi connectivity index (χ3v) is 5.84. The van der Waals surface area contributed by atoms with Gasteiger partial charge in [0.25, 0.3) is 0 Å². The normalized spacial score (nSPS) is 24.0. The van der Waals surface area contributed by atoms with Crippen molar-refractivity contribution in [3.05, 3.63) is 12.4 Å². The lowest BCUT2D eigenvalue weighted by molar-refractivity contribution is -0.119. The van der Waals surface area contributed by atoms with Crippen molar-refractivity contribution in [1.29, 1.82) is 0 Å². The van der Waals surface area contributed by atoms with Crippen LogP contribution < -0.4 is 9.64 Å². The first-order chi connectivity index (χ1) is 12.3. The standard InChI is InChI=1S/C19H28N4O2/c24-18-7-3-4-10-23(18)16-13-20-19(21-14-16)25-17-8-11-22(12-9-17)15-5-1-2-6-15/h13-15,17H,1-12H2. The summed E-state index contributed by atoms with van der Waals surface area (Å²) < 4.78 is 5.98. The summed E-state index contributed by atoms with van der Waals surface area (Å²) in [5.74, 6) is 0.169. The van der Waals surface area contributed by atoms with Crippen LogP contribution in [-0.2, 0) is 4.79 Å². The molecule has 2 aliphatic heterocycles. The molecule has 2 saturated heterocycles. The second-order valence-corrected chi connectivity index (χ2v) is 7.52. The molecule has 1 aliphatic carbocycles. The molecular formula is C19H28N4O2. The third-order valence-electron chi connectivity index (χ3n) is 5.84. The molecule has 6 nitrogen and oxygen atoms in total. The number of rotatable bonds is 4. The van der Waals surface area contributed by atoms with Crippen molar-refractivity contribution in [2.45, 2.75) is 69.9 Å². The number of hydrogen-bond donors (Lipinski definition) is 0. The fraction of sp³-hybridized carbons (Fsp3) is 0.737. The molecule has 3 aliphatic rings. The van der Waals surface area contributed by atoms with Gasteiger partial charge in [0.15, 0.2) is 0 Å². The number of carbonyl (C=O) groups excluding carboxylic acids is 1. The Morgan fingerprint density at radius 2 is 1.64 bits per heavy atom. The Balaban J connectivity index is 1.29. The van der Waals surface area contributed by atoms with Gasteiger partial charge in [0, 0.05) is 32.1 Å². The third kappa shape index (κ3) is 3.94. The van der Waals surface area contributed by atoms with Crippen LogP contribution in [0.2, 0.25) is 0 Å². The van der Waals surface area contributed by atoms with E-state index in [4.69, 9.17) is 4.74 Å². The number of piperidine rings is 2. The Morgan fingerprint density at radius 3 is 2.32 bits per heavy atom. The van der Waals surface area contributed by atoms with Crippen LogP contribution in [0.1, 0.15) is 57.8 Å². The molecule has 0 aromatic carbocycles. The van der Waals surface area contributed by atoms with Gasteiger partial charge in [-0.2, -0.15) is 0 Å². The maximum absolute atomic E-state index is 12.0. The molecule has 1 aromatic heterocycles. The summed E-state index contributed by atoms with van der Waals surface area (Å²) in [6.45, 7) is 3.01. The second-order valence-electron chi connectivity index (χ2n) is 7.52. The predicted molar refractivity (Wildman–Crippen MR) is 95.7 cm³/mol. The Labute approximate surface area is 149 Å². The van der Waals surface area contributed by atoms with E-state index < -0.39 is 0 Å². The monoisotopic (exact) mass is 344 g/mol. The predicted octanol–water partition coefficient (Wildman–Crippen LogP) is 2.78. The number of nitrogens with zero attached hydrogens (tertiary/aromatic N) is 4. The summed E-state index contributed by atoms with van der Waals surface area (Å²) in [5, 5.41) is 0. The Morgan fingerprint density at radius 1 is 0.920 bits per heavy atom. The van der Waals surface area contributed by atoms with Crippen molar-refractivity contribution in [3.8, 4) is 6.01 Å². The number of hydrogen-bond acceptors (Lipinski definition) is 5. The molecule has 1 amide bonds. The summed E-state index contributed by atoms with van der Waals surface area (Å²) in [4.78, 5) is 25.1. The van der Waals surface area contributed by atoms with Gasteiger partial charge in [0.1, 0.15) is 6.10 Å². The van der Waals surface area contributed by atoms with E-state index in [1.807, 2.05) is 0 Å². The molecule has 4 rings (SSSR count). The highest BCUT2D eigenvalue weighted by atomic mass is 16.5. The van der Waals surface area contributed by atoms with Crippen molar-refractivity contribution < 1.29 is 9.53 Å². The summed E-state index contributed by atoms with van der Waals surface area (Å²) in [6, 6.07) is 1.24. The van der Waals surface area contributed by atoms with Crippen LogP contribution >= 0.6 is 0 Å². The first kappa shape index (κ1) is 16.8. The number of carbonyl (C=O) groups is 1. The lowest BCUT2D eigenvalue weighted by Crippen LogP contribution is -2.43. The first-order valence-corrected chi connectivity index (χ1v) is 9.83. The fourth-order valence-corrected chi connectivity index (χ4v) is 4.37. The van der Waals surface area contributed by atoms with Crippen molar-refractivity contribution in [2.24, 2.45) is 0 Å². The Bertz CT molecular complexity index is 578. The van der Waals surface area contributed by atoms with E-state index in [0.29, 0.717) is 12.4 Å². The summed E-state index contributed by atoms with van der Waals surface area (Å²) in [6.07, 6.45) is 13.9. The van der Waals surface area contributed by atoms with Crippen LogP contribution in [0.5, 0.6) is 6.01 Å². The zero-order valence-corrected chi connectivity index (χ0v) is 14.9. The van der Waals surface area contributed by atoms with Crippen LogP contribution in [-0.4, -0.2) is 52.6 Å². The van der Waals surface area contributed by atoms with Gasteiger partial charge >= 0.3 is 6.01 Å². The molecule has 1 saturated carbocycles. The number of ether oxygens (including phenoxy) is 1. The minimum absolute atomic E-state index is 0.169. The van der Waals surface area contributed by atoms with Crippen LogP contribution in [0.4, 0.5) is 5.69 Å². The van der Waals surface area contributed by atoms with Gasteiger partial charge in [-0.25, -0.2) is 9.97 Å². The van der Waals surface area contributed by atoms with Crippen molar-refractivity contribution >= 4 is 11.6 Å². The van der Waals surface area contributed by atoms with E-state index >= 15 is 0 Å². The van der Waals surface area contributed by atoms with Gasteiger partial charge in [0.05, 0.1) is 18.1 Å². The lowest BCUT2D eigenvalue weighted by atomic mass is 10.0. The summed E-state index contributed by atoms with van der Waals surface area (Å²) >= 11 is 0. The van der Waals surface area contributed by atoms with Crippen LogP contribution in [0.25, 0.3) is 0 Å². The van der Waals surface area contributed by atoms with E-state index in [9.17, 15) is 4.79 Å². The maximum atomic E-state index is 12.0. The number of aromatic nitrogens is 2. The average Bonchev–Trinajstić information content (AvgIpc) is 3.18. The van der Waals surface area contributed by atoms with Gasteiger partial charge in [-0.1, -0.05) is 12.8 Å². The van der Waals surface area contributed by atoms with E-state index in [0.717, 1.165) is 57.0 Å². The fourth-order valence-electron chi connectivity index (χ4n) is 4.37. The molecule has 6 heteroatoms. The van der Waals surface area contributed by atoms with Gasteiger partial charge in [-0.05, 0) is 38.5 Å². The van der Waals surface area contributed by atoms with Crippen LogP contribution in [0, 0.1) is 0 Å². The largest absolute Gasteiger partial charge is 0.460 e. The molecule has 0 bridgehead atoms. The summed E-state index contributed by atoms with van der Waals surface area (Å²) in [5.41, 5.74) is 0.785. The highest BCUT2D eigenvalue weighted by Crippen LogP contribution is 2.27. The molecule has 0 atom stereocenters. The van der Waals surface area contributed by atoms with E-state index in [-0.39, 0.29) is 12.0 Å². The zero-order valence-electron chi connectivity index (χ0n) is 14.9. The quantitative estimate of drug-likeness (QED) is 0.840. The van der Waals surface area contributed by atoms with Gasteiger partial charge in [0.2, 0.25) is 5.91 Å². The van der Waals surface area contributed by atoms with E-state index in [2.05, 4.69) is 14.9 Å². The smallest absolute Gasteiger partial charge is 0.316 e. The van der Waals surface area contributed by atoms with E-state index in [1.165, 1.54) is 25.7 Å². The molecule has 0 radical (unpaired) electrons. The molecular weight excluding hydrogens is 316 g/mol. The highest BCUT2D eigenvalue weighted by Gasteiger charge is 2.28. The van der Waals surface area contributed by atoms with Crippen molar-refractivity contribution in [3.63, 3.8) is 0 Å². The molecule has 0 spiro atoms. The molecule has 0 N–H and O–H groups in total. The highest BCUT2D eigenvalue weighted by molar-refractivity contribution is 5.93. The second kappa shape index (κ2) is 7.68. The Hall–Kier alpha value is -1.69. The minimum Gasteiger partial charge on any atom is -0.460 e. The van der Waals surface area contributed by atoms with Crippen molar-refractivity contribution in [2.75, 3.05) is 24.5 Å². The number of amides is 1. The SMILES string of the molecule is O=C1CCCCN1c1cnc(OC2CCN(C3CCCC3)CC2)nc1. The van der Waals surface area contributed by atoms with Crippen LogP contribution in [0.15, 0.2) is 12.4 Å². The molecule has 1 aromatic rings. The topological polar surface area (TPSA) is 58.6 Å². The molecule has 3 fully saturated rings. The van der Waals surface area contributed by atoms with Gasteiger partial charge in [-0.3, -0.25) is 4.79 Å². The molecule has 25 heavy (non-hydrogen) atoms. The minimum atomic E-state index is 0.169. The van der Waals surface area contributed by atoms with Crippen LogP contribution in [0.3, 0.4) is 0 Å². The molecule has 136 valence electrons. The lowest BCUT2D eigenvalue weighted by Gasteiger charge is -2.35. The number of anilines is 1. The van der Waals surface area contributed by atoms with Crippen molar-refractivity contribution in [1.82, 2.24) is 14.9 Å². The zero-order chi connectivity index (χ0) is 17.1. The van der Waals surface area contributed by atoms with Gasteiger partial charge < -0.3 is 14.5 Å². The average molecular weight is 344 g/mol. The van der Waals surface area contributed by atoms with Gasteiger partial charge in [-0.15, -0.1) is 0 Å². The first-order valence-electron chi connectivity index (χ1n) is 9.83.